The van der Waals surface area contributed by atoms with Crippen LogP contribution in [-0.4, -0.2) is 43.0 Å². The molecule has 1 aliphatic rings. The average Bonchev–Trinajstić information content (AvgIpc) is 2.71. The summed E-state index contributed by atoms with van der Waals surface area (Å²) in [7, 11) is 0. The molecular weight excluding hydrogens is 342 g/mol. The standard InChI is InChI=1S/C21H25N3O3/c1-3-24(4-2)18(15-8-6-5-7-9-15)13-22-21(26)16-10-11-19-17(12-16)23-20(25)14-27-19/h5-12,18H,3-4,13-14H2,1-2H3,(H,22,26)(H,23,25). The van der Waals surface area contributed by atoms with Gasteiger partial charge in [0, 0.05) is 12.1 Å². The molecule has 0 fully saturated rings. The smallest absolute Gasteiger partial charge is 0.262 e. The molecule has 0 saturated heterocycles. The summed E-state index contributed by atoms with van der Waals surface area (Å²) in [6, 6.07) is 15.4. The van der Waals surface area contributed by atoms with E-state index in [1.54, 1.807) is 18.2 Å². The molecule has 6 nitrogen and oxygen atoms in total. The molecular formula is C21H25N3O3. The number of ether oxygens (including phenoxy) is 1. The van der Waals surface area contributed by atoms with Crippen LogP contribution in [0.3, 0.4) is 0 Å². The van der Waals surface area contributed by atoms with Crippen LogP contribution < -0.4 is 15.4 Å². The Bertz CT molecular complexity index is 804. The third-order valence-corrected chi connectivity index (χ3v) is 4.77. The van der Waals surface area contributed by atoms with Crippen LogP contribution in [0.25, 0.3) is 0 Å². The Hall–Kier alpha value is -2.86. The number of nitrogens with one attached hydrogen (secondary N) is 2. The highest BCUT2D eigenvalue weighted by Crippen LogP contribution is 2.28. The fourth-order valence-corrected chi connectivity index (χ4v) is 3.31. The van der Waals surface area contributed by atoms with E-state index in [9.17, 15) is 9.59 Å². The van der Waals surface area contributed by atoms with Crippen molar-refractivity contribution in [3.8, 4) is 5.75 Å². The first-order valence-electron chi connectivity index (χ1n) is 9.26. The number of hydrogen-bond donors (Lipinski definition) is 2. The maximum Gasteiger partial charge on any atom is 0.262 e. The van der Waals surface area contributed by atoms with Gasteiger partial charge in [-0.05, 0) is 36.9 Å². The number of rotatable bonds is 7. The van der Waals surface area contributed by atoms with Crippen LogP contribution in [0.2, 0.25) is 0 Å². The Kier molecular flexibility index (Phi) is 6.08. The van der Waals surface area contributed by atoms with Gasteiger partial charge in [-0.25, -0.2) is 0 Å². The van der Waals surface area contributed by atoms with Gasteiger partial charge in [0.1, 0.15) is 5.75 Å². The SMILES string of the molecule is CCN(CC)C(CNC(=O)c1ccc2c(c1)NC(=O)CO2)c1ccccc1. The van der Waals surface area contributed by atoms with Crippen LogP contribution in [0.4, 0.5) is 5.69 Å². The summed E-state index contributed by atoms with van der Waals surface area (Å²) in [6.45, 7) is 6.54. The van der Waals surface area contributed by atoms with E-state index >= 15 is 0 Å². The van der Waals surface area contributed by atoms with Crippen molar-refractivity contribution < 1.29 is 14.3 Å². The van der Waals surface area contributed by atoms with E-state index < -0.39 is 0 Å². The van der Waals surface area contributed by atoms with Crippen LogP contribution >= 0.6 is 0 Å². The molecule has 3 rings (SSSR count). The summed E-state index contributed by atoms with van der Waals surface area (Å²) in [5, 5.41) is 5.76. The Balaban J connectivity index is 1.72. The van der Waals surface area contributed by atoms with Gasteiger partial charge in [-0.1, -0.05) is 44.2 Å². The zero-order valence-electron chi connectivity index (χ0n) is 15.7. The minimum Gasteiger partial charge on any atom is -0.482 e. The van der Waals surface area contributed by atoms with Gasteiger partial charge < -0.3 is 15.4 Å². The molecule has 0 aromatic heterocycles. The van der Waals surface area contributed by atoms with Gasteiger partial charge in [0.05, 0.1) is 11.7 Å². The van der Waals surface area contributed by atoms with Crippen LogP contribution in [-0.2, 0) is 4.79 Å². The van der Waals surface area contributed by atoms with Gasteiger partial charge in [-0.3, -0.25) is 14.5 Å². The van der Waals surface area contributed by atoms with Gasteiger partial charge in [-0.15, -0.1) is 0 Å². The number of carbonyl (C=O) groups is 2. The first kappa shape index (κ1) is 18.9. The highest BCUT2D eigenvalue weighted by Gasteiger charge is 2.21. The summed E-state index contributed by atoms with van der Waals surface area (Å²) in [5.74, 6) is 0.188. The Morgan fingerprint density at radius 1 is 1.19 bits per heavy atom. The number of fused-ring (bicyclic) bond motifs is 1. The zero-order chi connectivity index (χ0) is 19.2. The largest absolute Gasteiger partial charge is 0.482 e. The molecule has 0 spiro atoms. The second-order valence-corrected chi connectivity index (χ2v) is 6.41. The van der Waals surface area contributed by atoms with Gasteiger partial charge in [0.25, 0.3) is 11.8 Å². The van der Waals surface area contributed by atoms with Crippen molar-refractivity contribution in [3.05, 3.63) is 59.7 Å². The summed E-state index contributed by atoms with van der Waals surface area (Å²) >= 11 is 0. The summed E-state index contributed by atoms with van der Waals surface area (Å²) in [5.41, 5.74) is 2.20. The van der Waals surface area contributed by atoms with E-state index in [0.717, 1.165) is 13.1 Å². The van der Waals surface area contributed by atoms with E-state index in [-0.39, 0.29) is 24.5 Å². The quantitative estimate of drug-likeness (QED) is 0.789. The normalized spacial score (nSPS) is 14.1. The van der Waals surface area contributed by atoms with Crippen molar-refractivity contribution >= 4 is 17.5 Å². The number of nitrogens with zero attached hydrogens (tertiary/aromatic N) is 1. The maximum atomic E-state index is 12.7. The lowest BCUT2D eigenvalue weighted by molar-refractivity contribution is -0.118. The van der Waals surface area contributed by atoms with E-state index in [2.05, 4.69) is 41.5 Å². The molecule has 2 amide bonds. The third-order valence-electron chi connectivity index (χ3n) is 4.77. The van der Waals surface area contributed by atoms with Crippen molar-refractivity contribution in [1.82, 2.24) is 10.2 Å². The van der Waals surface area contributed by atoms with Crippen molar-refractivity contribution in [2.24, 2.45) is 0 Å². The second-order valence-electron chi connectivity index (χ2n) is 6.41. The molecule has 1 heterocycles. The number of benzene rings is 2. The molecule has 142 valence electrons. The summed E-state index contributed by atoms with van der Waals surface area (Å²) in [4.78, 5) is 26.5. The molecule has 2 N–H and O–H groups in total. The van der Waals surface area contributed by atoms with Crippen LogP contribution in [0.1, 0.15) is 35.8 Å². The fraction of sp³-hybridized carbons (Fsp3) is 0.333. The van der Waals surface area contributed by atoms with Gasteiger partial charge in [0.2, 0.25) is 0 Å². The number of anilines is 1. The predicted octanol–water partition coefficient (Wildman–Crippen LogP) is 2.83. The lowest BCUT2D eigenvalue weighted by Gasteiger charge is -2.30. The molecule has 1 aliphatic heterocycles. The lowest BCUT2D eigenvalue weighted by Crippen LogP contribution is -2.38. The van der Waals surface area contributed by atoms with Gasteiger partial charge in [-0.2, -0.15) is 0 Å². The van der Waals surface area contributed by atoms with Crippen molar-refractivity contribution in [3.63, 3.8) is 0 Å². The lowest BCUT2D eigenvalue weighted by atomic mass is 10.0. The molecule has 0 bridgehead atoms. The summed E-state index contributed by atoms with van der Waals surface area (Å²) < 4.78 is 5.34. The highest BCUT2D eigenvalue weighted by molar-refractivity contribution is 5.99. The molecule has 2 aromatic carbocycles. The van der Waals surface area contributed by atoms with E-state index in [0.29, 0.717) is 23.5 Å². The number of likely N-dealkylation sites (N-methyl/N-ethyl adjacent to an activating group) is 1. The van der Waals surface area contributed by atoms with Gasteiger partial charge >= 0.3 is 0 Å². The van der Waals surface area contributed by atoms with Crippen LogP contribution in [0.5, 0.6) is 5.75 Å². The van der Waals surface area contributed by atoms with Crippen LogP contribution in [0, 0.1) is 0 Å². The maximum absolute atomic E-state index is 12.7. The monoisotopic (exact) mass is 367 g/mol. The minimum atomic E-state index is -0.217. The average molecular weight is 367 g/mol. The minimum absolute atomic E-state index is 0.00116. The summed E-state index contributed by atoms with van der Waals surface area (Å²) in [6.07, 6.45) is 0. The molecule has 1 atom stereocenters. The van der Waals surface area contributed by atoms with Gasteiger partial charge in [0.15, 0.2) is 6.61 Å². The number of hydrogen-bond acceptors (Lipinski definition) is 4. The topological polar surface area (TPSA) is 70.7 Å². The molecule has 0 radical (unpaired) electrons. The fourth-order valence-electron chi connectivity index (χ4n) is 3.31. The number of carbonyl (C=O) groups excluding carboxylic acids is 2. The number of amides is 2. The Labute approximate surface area is 159 Å². The van der Waals surface area contributed by atoms with E-state index in [1.165, 1.54) is 5.56 Å². The second kappa shape index (κ2) is 8.68. The molecule has 0 aliphatic carbocycles. The molecule has 0 saturated carbocycles. The Morgan fingerprint density at radius 2 is 1.93 bits per heavy atom. The Morgan fingerprint density at radius 3 is 2.63 bits per heavy atom. The van der Waals surface area contributed by atoms with Crippen molar-refractivity contribution in [2.75, 3.05) is 31.6 Å². The van der Waals surface area contributed by atoms with E-state index in [4.69, 9.17) is 4.74 Å². The molecule has 1 unspecified atom stereocenters. The van der Waals surface area contributed by atoms with E-state index in [1.807, 2.05) is 18.2 Å². The molecule has 2 aromatic rings. The molecule has 6 heteroatoms. The third kappa shape index (κ3) is 4.46. The zero-order valence-corrected chi connectivity index (χ0v) is 15.7. The first-order valence-corrected chi connectivity index (χ1v) is 9.26. The van der Waals surface area contributed by atoms with Crippen LogP contribution in [0.15, 0.2) is 48.5 Å². The van der Waals surface area contributed by atoms with Crippen molar-refractivity contribution in [1.29, 1.82) is 0 Å². The predicted molar refractivity (Wildman–Crippen MR) is 105 cm³/mol. The van der Waals surface area contributed by atoms with Crippen molar-refractivity contribution in [2.45, 2.75) is 19.9 Å². The highest BCUT2D eigenvalue weighted by atomic mass is 16.5. The molecule has 27 heavy (non-hydrogen) atoms. The first-order chi connectivity index (χ1) is 13.1.